The summed E-state index contributed by atoms with van der Waals surface area (Å²) in [6.07, 6.45) is 1.30. The zero-order valence-electron chi connectivity index (χ0n) is 7.91. The van der Waals surface area contributed by atoms with E-state index in [0.29, 0.717) is 12.4 Å². The number of aryl methyl sites for hydroxylation is 1. The summed E-state index contributed by atoms with van der Waals surface area (Å²) in [4.78, 5) is 6.59. The Bertz CT molecular complexity index is 399. The number of imidazole rings is 1. The Labute approximate surface area is 91.5 Å². The molecule has 0 saturated carbocycles. The summed E-state index contributed by atoms with van der Waals surface area (Å²) in [6.45, 7) is 3.91. The Balaban J connectivity index is 2.76. The first-order chi connectivity index (χ1) is 6.42. The van der Waals surface area contributed by atoms with Crippen LogP contribution in [-0.4, -0.2) is 29.8 Å². The molecule has 5 nitrogen and oxygen atoms in total. The van der Waals surface area contributed by atoms with Gasteiger partial charge in [0.25, 0.3) is 10.0 Å². The minimum absolute atomic E-state index is 0.0984. The van der Waals surface area contributed by atoms with Crippen molar-refractivity contribution in [1.29, 1.82) is 0 Å². The number of sulfonamides is 1. The number of hydrogen-bond acceptors (Lipinski definition) is 3. The molecule has 0 spiro atoms. The van der Waals surface area contributed by atoms with Gasteiger partial charge < -0.3 is 4.98 Å². The Kier molecular flexibility index (Phi) is 3.68. The molecule has 1 aromatic heterocycles. The van der Waals surface area contributed by atoms with E-state index in [4.69, 9.17) is 0 Å². The van der Waals surface area contributed by atoms with Crippen molar-refractivity contribution in [2.45, 2.75) is 23.7 Å². The van der Waals surface area contributed by atoms with Crippen molar-refractivity contribution in [1.82, 2.24) is 14.7 Å². The predicted molar refractivity (Wildman–Crippen MR) is 56.9 cm³/mol. The largest absolute Gasteiger partial charge is 0.332 e. The van der Waals surface area contributed by atoms with Crippen LogP contribution in [-0.2, 0) is 10.0 Å². The van der Waals surface area contributed by atoms with E-state index < -0.39 is 10.0 Å². The van der Waals surface area contributed by atoms with Crippen molar-refractivity contribution in [3.63, 3.8) is 0 Å². The second-order valence-corrected chi connectivity index (χ2v) is 6.26. The summed E-state index contributed by atoms with van der Waals surface area (Å²) in [5.41, 5.74) is 0. The van der Waals surface area contributed by atoms with Crippen molar-refractivity contribution in [2.75, 3.05) is 6.54 Å². The highest BCUT2D eigenvalue weighted by atomic mass is 79.9. The molecule has 0 aliphatic rings. The summed E-state index contributed by atoms with van der Waals surface area (Å²) in [5, 5.41) is 0.100. The zero-order valence-corrected chi connectivity index (χ0v) is 10.3. The van der Waals surface area contributed by atoms with Crippen molar-refractivity contribution < 1.29 is 8.42 Å². The van der Waals surface area contributed by atoms with Crippen LogP contribution in [0.4, 0.5) is 0 Å². The fourth-order valence-electron chi connectivity index (χ4n) is 0.837. The number of aromatic nitrogens is 2. The van der Waals surface area contributed by atoms with Gasteiger partial charge in [0, 0.05) is 11.4 Å². The monoisotopic (exact) mass is 281 g/mol. The van der Waals surface area contributed by atoms with Gasteiger partial charge in [-0.2, -0.15) is 0 Å². The zero-order chi connectivity index (χ0) is 10.8. The molecule has 1 aromatic rings. The number of hydrogen-bond donors (Lipinski definition) is 2. The Hall–Kier alpha value is -0.400. The van der Waals surface area contributed by atoms with Crippen LogP contribution in [0.3, 0.4) is 0 Å². The second-order valence-electron chi connectivity index (χ2n) is 2.97. The summed E-state index contributed by atoms with van der Waals surface area (Å²) in [6, 6.07) is 0. The fraction of sp³-hybridized carbons (Fsp3) is 0.571. The third-order valence-corrected chi connectivity index (χ3v) is 3.18. The molecule has 80 valence electrons. The van der Waals surface area contributed by atoms with E-state index in [2.05, 4.69) is 30.6 Å². The summed E-state index contributed by atoms with van der Waals surface area (Å²) in [5.74, 6) is 0.581. The molecule has 1 unspecified atom stereocenters. The number of nitrogens with one attached hydrogen (secondary N) is 2. The van der Waals surface area contributed by atoms with Crippen LogP contribution < -0.4 is 4.72 Å². The van der Waals surface area contributed by atoms with Crippen LogP contribution in [0.1, 0.15) is 12.7 Å². The molecule has 7 heteroatoms. The molecule has 1 heterocycles. The van der Waals surface area contributed by atoms with E-state index in [1.54, 1.807) is 6.92 Å². The molecule has 0 aliphatic carbocycles. The number of alkyl halides is 1. The average molecular weight is 282 g/mol. The van der Waals surface area contributed by atoms with Crippen LogP contribution >= 0.6 is 15.9 Å². The highest BCUT2D eigenvalue weighted by molar-refractivity contribution is 9.09. The fourth-order valence-corrected chi connectivity index (χ4v) is 2.31. The number of halogens is 1. The first kappa shape index (κ1) is 11.7. The van der Waals surface area contributed by atoms with E-state index in [1.165, 1.54) is 6.20 Å². The molecule has 0 amide bonds. The van der Waals surface area contributed by atoms with Gasteiger partial charge in [-0.1, -0.05) is 22.9 Å². The Morgan fingerprint density at radius 2 is 2.36 bits per heavy atom. The minimum atomic E-state index is -3.43. The second kappa shape index (κ2) is 4.41. The maximum Gasteiger partial charge on any atom is 0.257 e. The minimum Gasteiger partial charge on any atom is -0.332 e. The molecule has 14 heavy (non-hydrogen) atoms. The van der Waals surface area contributed by atoms with Crippen molar-refractivity contribution in [2.24, 2.45) is 0 Å². The molecule has 1 rings (SSSR count). The third-order valence-electron chi connectivity index (χ3n) is 1.52. The van der Waals surface area contributed by atoms with Gasteiger partial charge in [-0.15, -0.1) is 0 Å². The van der Waals surface area contributed by atoms with Gasteiger partial charge in [0.05, 0.1) is 6.20 Å². The molecule has 1 atom stereocenters. The first-order valence-corrected chi connectivity index (χ1v) is 6.47. The molecule has 0 aromatic carbocycles. The lowest BCUT2D eigenvalue weighted by atomic mass is 10.5. The van der Waals surface area contributed by atoms with Gasteiger partial charge in [0.2, 0.25) is 0 Å². The molecular weight excluding hydrogens is 270 g/mol. The maximum absolute atomic E-state index is 11.5. The topological polar surface area (TPSA) is 74.8 Å². The lowest BCUT2D eigenvalue weighted by molar-refractivity contribution is 0.578. The van der Waals surface area contributed by atoms with Gasteiger partial charge in [-0.3, -0.25) is 0 Å². The standard InChI is InChI=1S/C7H12BrN3O2S/c1-5(8)3-10-14(12,13)7-4-9-6(2)11-7/h4-5,10H,3H2,1-2H3,(H,9,11). The lowest BCUT2D eigenvalue weighted by Crippen LogP contribution is -2.28. The van der Waals surface area contributed by atoms with Crippen LogP contribution in [0.5, 0.6) is 0 Å². The summed E-state index contributed by atoms with van der Waals surface area (Å²) in [7, 11) is -3.43. The van der Waals surface area contributed by atoms with E-state index in [1.807, 2.05) is 6.92 Å². The van der Waals surface area contributed by atoms with Crippen LogP contribution in [0.25, 0.3) is 0 Å². The van der Waals surface area contributed by atoms with Gasteiger partial charge in [-0.05, 0) is 6.92 Å². The maximum atomic E-state index is 11.5. The highest BCUT2D eigenvalue weighted by Gasteiger charge is 2.16. The molecule has 0 radical (unpaired) electrons. The van der Waals surface area contributed by atoms with Crippen LogP contribution in [0, 0.1) is 6.92 Å². The lowest BCUT2D eigenvalue weighted by Gasteiger charge is -2.05. The molecule has 0 bridgehead atoms. The third kappa shape index (κ3) is 3.07. The molecule has 0 saturated heterocycles. The van der Waals surface area contributed by atoms with Gasteiger partial charge in [-0.25, -0.2) is 18.1 Å². The Morgan fingerprint density at radius 1 is 1.71 bits per heavy atom. The van der Waals surface area contributed by atoms with Gasteiger partial charge >= 0.3 is 0 Å². The van der Waals surface area contributed by atoms with Crippen LogP contribution in [0.15, 0.2) is 11.2 Å². The highest BCUT2D eigenvalue weighted by Crippen LogP contribution is 2.05. The van der Waals surface area contributed by atoms with E-state index in [9.17, 15) is 8.42 Å². The molecule has 0 aliphatic heterocycles. The molecule has 2 N–H and O–H groups in total. The van der Waals surface area contributed by atoms with E-state index in [0.717, 1.165) is 0 Å². The van der Waals surface area contributed by atoms with Gasteiger partial charge in [0.1, 0.15) is 5.82 Å². The number of aromatic amines is 1. The molecule has 0 fully saturated rings. The van der Waals surface area contributed by atoms with E-state index >= 15 is 0 Å². The van der Waals surface area contributed by atoms with E-state index in [-0.39, 0.29) is 9.85 Å². The van der Waals surface area contributed by atoms with Crippen molar-refractivity contribution in [3.8, 4) is 0 Å². The summed E-state index contributed by atoms with van der Waals surface area (Å²) < 4.78 is 25.5. The average Bonchev–Trinajstić information content (AvgIpc) is 2.49. The predicted octanol–water partition coefficient (Wildman–Crippen LogP) is 0.780. The van der Waals surface area contributed by atoms with Crippen molar-refractivity contribution in [3.05, 3.63) is 12.0 Å². The first-order valence-electron chi connectivity index (χ1n) is 4.07. The summed E-state index contributed by atoms with van der Waals surface area (Å²) >= 11 is 3.25. The van der Waals surface area contributed by atoms with Crippen molar-refractivity contribution >= 4 is 26.0 Å². The normalized spacial score (nSPS) is 14.2. The SMILES string of the molecule is Cc1ncc(S(=O)(=O)NCC(C)Br)[nH]1. The smallest absolute Gasteiger partial charge is 0.257 e. The van der Waals surface area contributed by atoms with Gasteiger partial charge in [0.15, 0.2) is 5.03 Å². The number of H-pyrrole nitrogens is 1. The Morgan fingerprint density at radius 3 is 2.79 bits per heavy atom. The quantitative estimate of drug-likeness (QED) is 0.801. The van der Waals surface area contributed by atoms with Crippen LogP contribution in [0.2, 0.25) is 0 Å². The number of nitrogens with zero attached hydrogens (tertiary/aromatic N) is 1. The molecular formula is C7H12BrN3O2S. The number of rotatable bonds is 4.